The Kier molecular flexibility index (Phi) is 8.03. The normalized spacial score (nSPS) is 20.1. The molecule has 2 aliphatic heterocycles. The van der Waals surface area contributed by atoms with Crippen LogP contribution in [0.2, 0.25) is 0 Å². The molecule has 0 spiro atoms. The molecule has 1 fully saturated rings. The number of ether oxygens (including phenoxy) is 1. The Morgan fingerprint density at radius 1 is 0.973 bits per heavy atom. The summed E-state index contributed by atoms with van der Waals surface area (Å²) in [6.45, 7) is 7.49. The number of rotatable bonds is 7. The van der Waals surface area contributed by atoms with Crippen LogP contribution in [0, 0.1) is 6.92 Å². The van der Waals surface area contributed by atoms with E-state index < -0.39 is 0 Å². The molecule has 0 unspecified atom stereocenters. The van der Waals surface area contributed by atoms with Gasteiger partial charge < -0.3 is 14.5 Å². The molecule has 0 N–H and O–H groups in total. The number of nitrogens with zero attached hydrogens (tertiary/aromatic N) is 3. The second-order valence-electron chi connectivity index (χ2n) is 10.1. The fraction of sp³-hybridized carbons (Fsp3) is 0.400. The molecular weight excluding hydrogens is 482 g/mol. The summed E-state index contributed by atoms with van der Waals surface area (Å²) in [6.07, 6.45) is 0.976. The van der Waals surface area contributed by atoms with Gasteiger partial charge in [0.25, 0.3) is 0 Å². The Labute approximate surface area is 223 Å². The van der Waals surface area contributed by atoms with E-state index in [2.05, 4.69) is 47.5 Å². The van der Waals surface area contributed by atoms with Crippen molar-refractivity contribution in [1.29, 1.82) is 0 Å². The number of carbonyl (C=O) groups excluding carboxylic acids is 2. The van der Waals surface area contributed by atoms with Gasteiger partial charge in [0, 0.05) is 37.1 Å². The maximum absolute atomic E-state index is 13.5. The van der Waals surface area contributed by atoms with E-state index in [0.717, 1.165) is 18.5 Å². The number of thiophene rings is 1. The number of piperazine rings is 1. The summed E-state index contributed by atoms with van der Waals surface area (Å²) >= 11 is 1.81. The highest BCUT2D eigenvalue weighted by atomic mass is 32.1. The summed E-state index contributed by atoms with van der Waals surface area (Å²) in [5, 5.41) is 2.17. The van der Waals surface area contributed by atoms with Crippen molar-refractivity contribution in [3.05, 3.63) is 93.2 Å². The molecule has 2 amide bonds. The third kappa shape index (κ3) is 5.95. The van der Waals surface area contributed by atoms with Crippen molar-refractivity contribution in [2.75, 3.05) is 39.3 Å². The fourth-order valence-corrected chi connectivity index (χ4v) is 6.32. The van der Waals surface area contributed by atoms with Gasteiger partial charge >= 0.3 is 0 Å². The molecule has 0 bridgehead atoms. The van der Waals surface area contributed by atoms with Gasteiger partial charge in [-0.15, -0.1) is 11.3 Å². The molecule has 5 rings (SSSR count). The summed E-state index contributed by atoms with van der Waals surface area (Å²) in [4.78, 5) is 33.8. The molecule has 1 saturated heterocycles. The molecule has 2 aromatic carbocycles. The molecule has 6 nitrogen and oxygen atoms in total. The lowest BCUT2D eigenvalue weighted by molar-refractivity contribution is -0.146. The van der Waals surface area contributed by atoms with Crippen molar-refractivity contribution in [2.45, 2.75) is 39.0 Å². The van der Waals surface area contributed by atoms with Crippen LogP contribution in [-0.2, 0) is 27.4 Å². The second-order valence-corrected chi connectivity index (χ2v) is 11.1. The van der Waals surface area contributed by atoms with Crippen LogP contribution in [0.4, 0.5) is 0 Å². The third-order valence-electron chi connectivity index (χ3n) is 7.43. The van der Waals surface area contributed by atoms with Crippen LogP contribution in [0.5, 0.6) is 0 Å². The van der Waals surface area contributed by atoms with E-state index in [1.165, 1.54) is 21.6 Å². The molecule has 0 aliphatic carbocycles. The van der Waals surface area contributed by atoms with Gasteiger partial charge in [0.15, 0.2) is 0 Å². The molecule has 2 aliphatic rings. The highest BCUT2D eigenvalue weighted by molar-refractivity contribution is 7.10. The summed E-state index contributed by atoms with van der Waals surface area (Å²) in [6, 6.07) is 20.8. The van der Waals surface area contributed by atoms with Crippen LogP contribution in [0.15, 0.2) is 66.0 Å². The Bertz CT molecular complexity index is 1210. The molecule has 1 aromatic heterocycles. The molecule has 0 radical (unpaired) electrons. The molecule has 3 aromatic rings. The smallest absolute Gasteiger partial charge is 0.248 e. The van der Waals surface area contributed by atoms with Crippen molar-refractivity contribution >= 4 is 23.2 Å². The van der Waals surface area contributed by atoms with Crippen molar-refractivity contribution in [3.63, 3.8) is 0 Å². The number of aryl methyl sites for hydroxylation is 1. The summed E-state index contributed by atoms with van der Waals surface area (Å²) in [7, 11) is 0. The summed E-state index contributed by atoms with van der Waals surface area (Å²) in [5.74, 6) is 0.117. The second kappa shape index (κ2) is 11.6. The lowest BCUT2D eigenvalue weighted by Gasteiger charge is -2.42. The first kappa shape index (κ1) is 25.6. The maximum atomic E-state index is 13.5. The number of hydrogen-bond acceptors (Lipinski definition) is 5. The molecule has 7 heteroatoms. The van der Waals surface area contributed by atoms with E-state index in [1.54, 1.807) is 0 Å². The quantitative estimate of drug-likeness (QED) is 0.470. The number of amides is 2. The Balaban J connectivity index is 1.18. The topological polar surface area (TPSA) is 53.1 Å². The average Bonchev–Trinajstić information content (AvgIpc) is 3.38. The lowest BCUT2D eigenvalue weighted by Crippen LogP contribution is -2.57. The first-order chi connectivity index (χ1) is 18.0. The third-order valence-corrected chi connectivity index (χ3v) is 8.43. The standard InChI is InChI=1S/C30H35N3O3S/c1-22-8-10-25(11-9-22)30-26-13-17-37-27(26)12-14-32(30)19-28(34)31-15-16-33(23(2)18-31)29(35)21-36-20-24-6-4-3-5-7-24/h3-11,13,17,23,30H,12,14-16,18-21H2,1-2H3/t23-,30+/m0/s1. The molecule has 3 heterocycles. The van der Waals surface area contributed by atoms with Gasteiger partial charge in [-0.05, 0) is 48.4 Å². The van der Waals surface area contributed by atoms with Crippen LogP contribution in [0.25, 0.3) is 0 Å². The number of carbonyl (C=O) groups is 2. The highest BCUT2D eigenvalue weighted by Crippen LogP contribution is 2.37. The van der Waals surface area contributed by atoms with Crippen LogP contribution in [-0.4, -0.2) is 71.9 Å². The maximum Gasteiger partial charge on any atom is 0.248 e. The first-order valence-corrected chi connectivity index (χ1v) is 13.9. The highest BCUT2D eigenvalue weighted by Gasteiger charge is 2.34. The zero-order chi connectivity index (χ0) is 25.8. The number of fused-ring (bicyclic) bond motifs is 1. The van der Waals surface area contributed by atoms with Crippen LogP contribution in [0.1, 0.15) is 40.1 Å². The Hall–Kier alpha value is -3.00. The predicted molar refractivity (Wildman–Crippen MR) is 146 cm³/mol. The van der Waals surface area contributed by atoms with Crippen LogP contribution >= 0.6 is 11.3 Å². The number of hydrogen-bond donors (Lipinski definition) is 0. The molecule has 37 heavy (non-hydrogen) atoms. The SMILES string of the molecule is Cc1ccc([C@@H]2c3ccsc3CCN2CC(=O)N2CCN(C(=O)COCc3ccccc3)[C@@H](C)C2)cc1. The van der Waals surface area contributed by atoms with Gasteiger partial charge in [-0.2, -0.15) is 0 Å². The monoisotopic (exact) mass is 517 g/mol. The molecule has 194 valence electrons. The Morgan fingerprint density at radius 3 is 2.51 bits per heavy atom. The van der Waals surface area contributed by atoms with E-state index in [9.17, 15) is 9.59 Å². The first-order valence-electron chi connectivity index (χ1n) is 13.1. The van der Waals surface area contributed by atoms with Gasteiger partial charge in [0.05, 0.1) is 19.2 Å². The van der Waals surface area contributed by atoms with Crippen molar-refractivity contribution in [1.82, 2.24) is 14.7 Å². The van der Waals surface area contributed by atoms with Gasteiger partial charge in [0.2, 0.25) is 11.8 Å². The van der Waals surface area contributed by atoms with Gasteiger partial charge in [-0.1, -0.05) is 60.2 Å². The minimum absolute atomic E-state index is 0.0176. The van der Waals surface area contributed by atoms with E-state index in [0.29, 0.717) is 32.8 Å². The van der Waals surface area contributed by atoms with Gasteiger partial charge in [-0.3, -0.25) is 14.5 Å². The predicted octanol–water partition coefficient (Wildman–Crippen LogP) is 4.28. The van der Waals surface area contributed by atoms with Crippen molar-refractivity contribution in [3.8, 4) is 0 Å². The minimum Gasteiger partial charge on any atom is -0.367 e. The van der Waals surface area contributed by atoms with E-state index in [1.807, 2.05) is 58.4 Å². The van der Waals surface area contributed by atoms with E-state index >= 15 is 0 Å². The molecule has 2 atom stereocenters. The molecular formula is C30H35N3O3S. The van der Waals surface area contributed by atoms with Crippen LogP contribution in [0.3, 0.4) is 0 Å². The lowest BCUT2D eigenvalue weighted by atomic mass is 9.92. The Morgan fingerprint density at radius 2 is 1.76 bits per heavy atom. The van der Waals surface area contributed by atoms with Crippen LogP contribution < -0.4 is 0 Å². The zero-order valence-corrected chi connectivity index (χ0v) is 22.5. The number of benzene rings is 2. The largest absolute Gasteiger partial charge is 0.367 e. The summed E-state index contributed by atoms with van der Waals surface area (Å²) < 4.78 is 5.66. The molecule has 0 saturated carbocycles. The average molecular weight is 518 g/mol. The minimum atomic E-state index is -0.0387. The van der Waals surface area contributed by atoms with Crippen molar-refractivity contribution in [2.24, 2.45) is 0 Å². The zero-order valence-electron chi connectivity index (χ0n) is 21.6. The fourth-order valence-electron chi connectivity index (χ4n) is 5.42. The van der Waals surface area contributed by atoms with Crippen molar-refractivity contribution < 1.29 is 14.3 Å². The van der Waals surface area contributed by atoms with Gasteiger partial charge in [-0.25, -0.2) is 0 Å². The van der Waals surface area contributed by atoms with E-state index in [4.69, 9.17) is 4.74 Å². The summed E-state index contributed by atoms with van der Waals surface area (Å²) in [5.41, 5.74) is 4.85. The van der Waals surface area contributed by atoms with Gasteiger partial charge in [0.1, 0.15) is 6.61 Å². The van der Waals surface area contributed by atoms with E-state index in [-0.39, 0.29) is 30.5 Å².